The van der Waals surface area contributed by atoms with Gasteiger partial charge >= 0.3 is 0 Å². The molecule has 132 valence electrons. The highest BCUT2D eigenvalue weighted by Crippen LogP contribution is 2.25. The van der Waals surface area contributed by atoms with Crippen molar-refractivity contribution >= 4 is 29.0 Å². The average molecular weight is 369 g/mol. The predicted octanol–water partition coefficient (Wildman–Crippen LogP) is 3.21. The maximum Gasteiger partial charge on any atom is 0.274 e. The highest BCUT2D eigenvalue weighted by molar-refractivity contribution is 7.99. The summed E-state index contributed by atoms with van der Waals surface area (Å²) in [6, 6.07) is 14.1. The number of para-hydroxylation sites is 1. The molecule has 8 nitrogen and oxygen atoms in total. The van der Waals surface area contributed by atoms with Crippen LogP contribution in [0.4, 0.5) is 11.4 Å². The monoisotopic (exact) mass is 369 g/mol. The van der Waals surface area contributed by atoms with E-state index >= 15 is 0 Å². The minimum absolute atomic E-state index is 0.0290. The number of anilines is 1. The number of nitrogens with zero attached hydrogens (tertiary/aromatic N) is 4. The van der Waals surface area contributed by atoms with E-state index in [1.54, 1.807) is 24.0 Å². The number of nitro groups is 1. The number of hydrogen-bond donors (Lipinski definition) is 1. The molecule has 1 heterocycles. The molecular formula is C17H15N5O3S. The fraction of sp³-hybridized carbons (Fsp3) is 0.118. The van der Waals surface area contributed by atoms with Crippen LogP contribution in [-0.4, -0.2) is 31.3 Å². The quantitative estimate of drug-likeness (QED) is 0.406. The van der Waals surface area contributed by atoms with E-state index in [2.05, 4.69) is 15.4 Å². The first-order valence-electron chi connectivity index (χ1n) is 7.68. The third kappa shape index (κ3) is 4.06. The lowest BCUT2D eigenvalue weighted by molar-refractivity contribution is -0.385. The average Bonchev–Trinajstić information content (AvgIpc) is 3.11. The molecule has 0 fully saturated rings. The summed E-state index contributed by atoms with van der Waals surface area (Å²) < 4.78 is 1.63. The van der Waals surface area contributed by atoms with Crippen LogP contribution in [0.3, 0.4) is 0 Å². The van der Waals surface area contributed by atoms with Gasteiger partial charge in [-0.3, -0.25) is 14.9 Å². The normalized spacial score (nSPS) is 10.5. The van der Waals surface area contributed by atoms with Crippen molar-refractivity contribution in [2.24, 2.45) is 0 Å². The molecule has 0 unspecified atom stereocenters. The molecule has 2 aromatic carbocycles. The van der Waals surface area contributed by atoms with Gasteiger partial charge in [-0.2, -0.15) is 0 Å². The molecular weight excluding hydrogens is 354 g/mol. The highest BCUT2D eigenvalue weighted by atomic mass is 32.2. The summed E-state index contributed by atoms with van der Waals surface area (Å²) in [6.07, 6.45) is 1.58. The number of thioether (sulfide) groups is 1. The molecule has 0 aliphatic carbocycles. The van der Waals surface area contributed by atoms with E-state index in [0.29, 0.717) is 16.4 Å². The lowest BCUT2D eigenvalue weighted by Gasteiger charge is -2.07. The summed E-state index contributed by atoms with van der Waals surface area (Å²) >= 11 is 1.19. The summed E-state index contributed by atoms with van der Waals surface area (Å²) in [4.78, 5) is 26.8. The van der Waals surface area contributed by atoms with Crippen LogP contribution in [0.1, 0.15) is 5.56 Å². The third-order valence-corrected chi connectivity index (χ3v) is 4.45. The summed E-state index contributed by atoms with van der Waals surface area (Å²) in [5.74, 6) is -0.185. The van der Waals surface area contributed by atoms with Gasteiger partial charge < -0.3 is 5.32 Å². The molecule has 1 amide bonds. The Balaban J connectivity index is 1.61. The standard InChI is InChI=1S/C17H15N5O3S/c1-12-14(8-5-9-15(12)22(24)25)19-16(23)10-26-17-18-11-21(20-17)13-6-3-2-4-7-13/h2-9,11H,10H2,1H3,(H,19,23). The summed E-state index contributed by atoms with van der Waals surface area (Å²) in [6.45, 7) is 1.60. The number of nitro benzene ring substituents is 1. The predicted molar refractivity (Wildman–Crippen MR) is 98.5 cm³/mol. The van der Waals surface area contributed by atoms with Crippen molar-refractivity contribution in [2.75, 3.05) is 11.1 Å². The number of nitrogens with one attached hydrogen (secondary N) is 1. The smallest absolute Gasteiger partial charge is 0.274 e. The van der Waals surface area contributed by atoms with E-state index in [0.717, 1.165) is 5.69 Å². The Bertz CT molecular complexity index is 943. The van der Waals surface area contributed by atoms with E-state index < -0.39 is 4.92 Å². The first kappa shape index (κ1) is 17.6. The van der Waals surface area contributed by atoms with Gasteiger partial charge in [-0.15, -0.1) is 5.10 Å². The van der Waals surface area contributed by atoms with Crippen LogP contribution in [-0.2, 0) is 4.79 Å². The fourth-order valence-electron chi connectivity index (χ4n) is 2.29. The minimum atomic E-state index is -0.472. The number of amides is 1. The van der Waals surface area contributed by atoms with Gasteiger partial charge in [0.2, 0.25) is 11.1 Å². The van der Waals surface area contributed by atoms with Gasteiger partial charge in [-0.25, -0.2) is 9.67 Å². The molecule has 9 heteroatoms. The first-order chi connectivity index (χ1) is 12.5. The number of carbonyl (C=O) groups is 1. The maximum absolute atomic E-state index is 12.1. The molecule has 0 atom stereocenters. The molecule has 0 saturated carbocycles. The van der Waals surface area contributed by atoms with E-state index in [4.69, 9.17) is 0 Å². The second kappa shape index (κ2) is 7.79. The van der Waals surface area contributed by atoms with Crippen LogP contribution in [0.2, 0.25) is 0 Å². The summed E-state index contributed by atoms with van der Waals surface area (Å²) in [5.41, 5.74) is 1.69. The maximum atomic E-state index is 12.1. The number of benzene rings is 2. The number of carbonyl (C=O) groups excluding carboxylic acids is 1. The van der Waals surface area contributed by atoms with Crippen LogP contribution in [0, 0.1) is 17.0 Å². The van der Waals surface area contributed by atoms with Gasteiger partial charge in [0, 0.05) is 6.07 Å². The molecule has 3 aromatic rings. The van der Waals surface area contributed by atoms with E-state index in [-0.39, 0.29) is 17.3 Å². The zero-order valence-electron chi connectivity index (χ0n) is 13.8. The Morgan fingerprint density at radius 2 is 2.00 bits per heavy atom. The molecule has 26 heavy (non-hydrogen) atoms. The second-order valence-electron chi connectivity index (χ2n) is 5.35. The van der Waals surface area contributed by atoms with E-state index in [9.17, 15) is 14.9 Å². The molecule has 0 saturated heterocycles. The SMILES string of the molecule is Cc1c(NC(=O)CSc2ncn(-c3ccccc3)n2)cccc1[N+](=O)[O-]. The molecule has 1 aromatic heterocycles. The lowest BCUT2D eigenvalue weighted by Crippen LogP contribution is -2.15. The largest absolute Gasteiger partial charge is 0.325 e. The molecule has 0 aliphatic heterocycles. The van der Waals surface area contributed by atoms with Gasteiger partial charge in [-0.05, 0) is 25.1 Å². The Labute approximate surface area is 153 Å². The molecule has 0 bridgehead atoms. The Hall–Kier alpha value is -3.20. The lowest BCUT2D eigenvalue weighted by atomic mass is 10.1. The molecule has 3 rings (SSSR count). The summed E-state index contributed by atoms with van der Waals surface area (Å²) in [5, 5.41) is 18.4. The fourth-order valence-corrected chi connectivity index (χ4v) is 2.89. The van der Waals surface area contributed by atoms with Crippen molar-refractivity contribution in [3.05, 3.63) is 70.5 Å². The highest BCUT2D eigenvalue weighted by Gasteiger charge is 2.15. The molecule has 0 radical (unpaired) electrons. The van der Waals surface area contributed by atoms with Crippen LogP contribution in [0.25, 0.3) is 5.69 Å². The minimum Gasteiger partial charge on any atom is -0.325 e. The van der Waals surface area contributed by atoms with Crippen molar-refractivity contribution < 1.29 is 9.72 Å². The second-order valence-corrected chi connectivity index (χ2v) is 6.29. The number of rotatable bonds is 6. The van der Waals surface area contributed by atoms with Crippen LogP contribution in [0.5, 0.6) is 0 Å². The van der Waals surface area contributed by atoms with Crippen molar-refractivity contribution in [1.29, 1.82) is 0 Å². The van der Waals surface area contributed by atoms with Gasteiger partial charge in [0.15, 0.2) is 0 Å². The van der Waals surface area contributed by atoms with Crippen molar-refractivity contribution in [3.63, 3.8) is 0 Å². The third-order valence-electron chi connectivity index (χ3n) is 3.60. The number of aromatic nitrogens is 3. The van der Waals surface area contributed by atoms with E-state index in [1.165, 1.54) is 23.9 Å². The zero-order chi connectivity index (χ0) is 18.5. The first-order valence-corrected chi connectivity index (χ1v) is 8.67. The zero-order valence-corrected chi connectivity index (χ0v) is 14.6. The van der Waals surface area contributed by atoms with Gasteiger partial charge in [0.1, 0.15) is 6.33 Å². The Morgan fingerprint density at radius 1 is 1.23 bits per heavy atom. The topological polar surface area (TPSA) is 103 Å². The van der Waals surface area contributed by atoms with Gasteiger partial charge in [-0.1, -0.05) is 36.0 Å². The summed E-state index contributed by atoms with van der Waals surface area (Å²) in [7, 11) is 0. The van der Waals surface area contributed by atoms with Crippen LogP contribution < -0.4 is 5.32 Å². The van der Waals surface area contributed by atoms with Crippen molar-refractivity contribution in [1.82, 2.24) is 14.8 Å². The van der Waals surface area contributed by atoms with Gasteiger partial charge in [0.25, 0.3) is 5.69 Å². The Kier molecular flexibility index (Phi) is 5.28. The van der Waals surface area contributed by atoms with Crippen molar-refractivity contribution in [3.8, 4) is 5.69 Å². The van der Waals surface area contributed by atoms with Gasteiger partial charge in [0.05, 0.1) is 27.6 Å². The van der Waals surface area contributed by atoms with Crippen LogP contribution in [0.15, 0.2) is 60.0 Å². The Morgan fingerprint density at radius 3 is 2.73 bits per heavy atom. The van der Waals surface area contributed by atoms with Crippen LogP contribution >= 0.6 is 11.8 Å². The molecule has 1 N–H and O–H groups in total. The number of hydrogen-bond acceptors (Lipinski definition) is 6. The van der Waals surface area contributed by atoms with Crippen molar-refractivity contribution in [2.45, 2.75) is 12.1 Å². The molecule has 0 spiro atoms. The molecule has 0 aliphatic rings. The van der Waals surface area contributed by atoms with E-state index in [1.807, 2.05) is 30.3 Å².